The van der Waals surface area contributed by atoms with Crippen LogP contribution in [0.4, 0.5) is 0 Å². The van der Waals surface area contributed by atoms with Gasteiger partial charge in [-0.25, -0.2) is 0 Å². The normalized spacial score (nSPS) is 27.3. The van der Waals surface area contributed by atoms with Crippen LogP contribution >= 0.6 is 0 Å². The fourth-order valence-electron chi connectivity index (χ4n) is 5.03. The molecule has 0 N–H and O–H groups in total. The number of fused-ring (bicyclic) bond motifs is 7. The monoisotopic (exact) mass is 380 g/mol. The zero-order valence-electron chi connectivity index (χ0n) is 15.9. The van der Waals surface area contributed by atoms with E-state index in [2.05, 4.69) is 72.8 Å². The van der Waals surface area contributed by atoms with Gasteiger partial charge in [0.1, 0.15) is 24.4 Å². The predicted octanol–water partition coefficient (Wildman–Crippen LogP) is 5.57. The molecule has 0 bridgehead atoms. The van der Waals surface area contributed by atoms with Gasteiger partial charge in [0.2, 0.25) is 0 Å². The fourth-order valence-corrected chi connectivity index (χ4v) is 5.03. The summed E-state index contributed by atoms with van der Waals surface area (Å²) < 4.78 is 18.0. The summed E-state index contributed by atoms with van der Waals surface area (Å²) in [5, 5.41) is 5.05. The molecular formula is C26H20O3. The Morgan fingerprint density at radius 1 is 0.655 bits per heavy atom. The molecule has 0 aromatic heterocycles. The van der Waals surface area contributed by atoms with Gasteiger partial charge in [-0.3, -0.25) is 0 Å². The quantitative estimate of drug-likeness (QED) is 0.405. The van der Waals surface area contributed by atoms with E-state index in [-0.39, 0.29) is 24.4 Å². The van der Waals surface area contributed by atoms with Crippen LogP contribution in [0, 0.1) is 0 Å². The van der Waals surface area contributed by atoms with Gasteiger partial charge in [0, 0.05) is 0 Å². The minimum absolute atomic E-state index is 0.0755. The topological polar surface area (TPSA) is 34.3 Å². The minimum Gasteiger partial charge on any atom is -0.376 e. The summed E-state index contributed by atoms with van der Waals surface area (Å²) in [7, 11) is 0. The van der Waals surface area contributed by atoms with Crippen molar-refractivity contribution in [2.75, 3.05) is 13.2 Å². The molecule has 3 aliphatic rings. The van der Waals surface area contributed by atoms with Gasteiger partial charge in [-0.1, -0.05) is 66.7 Å². The molecular weight excluding hydrogens is 360 g/mol. The Balaban J connectivity index is 1.61. The molecule has 2 fully saturated rings. The molecule has 0 saturated carbocycles. The van der Waals surface area contributed by atoms with Crippen molar-refractivity contribution in [3.05, 3.63) is 83.9 Å². The van der Waals surface area contributed by atoms with E-state index in [0.717, 1.165) is 0 Å². The van der Waals surface area contributed by atoms with Gasteiger partial charge in [0.05, 0.1) is 13.2 Å². The summed E-state index contributed by atoms with van der Waals surface area (Å²) in [5.74, 6) is 0. The summed E-state index contributed by atoms with van der Waals surface area (Å²) in [6.45, 7) is 1.28. The maximum atomic E-state index is 6.13. The maximum absolute atomic E-state index is 6.13. The molecule has 4 atom stereocenters. The Morgan fingerprint density at radius 3 is 2.24 bits per heavy atom. The maximum Gasteiger partial charge on any atom is 0.113 e. The summed E-state index contributed by atoms with van der Waals surface area (Å²) in [6, 6.07) is 26.2. The van der Waals surface area contributed by atoms with Gasteiger partial charge in [-0.2, -0.15) is 0 Å². The number of rotatable bonds is 1. The van der Waals surface area contributed by atoms with Crippen molar-refractivity contribution in [2.24, 2.45) is 0 Å². The van der Waals surface area contributed by atoms with Crippen molar-refractivity contribution in [1.82, 2.24) is 0 Å². The summed E-state index contributed by atoms with van der Waals surface area (Å²) >= 11 is 0. The first kappa shape index (κ1) is 16.1. The van der Waals surface area contributed by atoms with Crippen molar-refractivity contribution < 1.29 is 14.2 Å². The zero-order valence-corrected chi connectivity index (χ0v) is 15.9. The van der Waals surface area contributed by atoms with Crippen molar-refractivity contribution in [3.63, 3.8) is 0 Å². The van der Waals surface area contributed by atoms with Crippen LogP contribution in [-0.4, -0.2) is 25.4 Å². The summed E-state index contributed by atoms with van der Waals surface area (Å²) in [6.07, 6.45) is 0.478. The number of hydrogen-bond acceptors (Lipinski definition) is 3. The lowest BCUT2D eigenvalue weighted by atomic mass is 9.84. The highest BCUT2D eigenvalue weighted by molar-refractivity contribution is 6.07. The molecule has 4 aromatic carbocycles. The van der Waals surface area contributed by atoms with Gasteiger partial charge in [0.15, 0.2) is 0 Å². The van der Waals surface area contributed by atoms with E-state index in [9.17, 15) is 0 Å². The van der Waals surface area contributed by atoms with E-state index in [0.29, 0.717) is 13.2 Å². The van der Waals surface area contributed by atoms with Gasteiger partial charge < -0.3 is 14.2 Å². The van der Waals surface area contributed by atoms with Crippen LogP contribution in [0.1, 0.15) is 23.3 Å². The lowest BCUT2D eigenvalue weighted by Crippen LogP contribution is -2.06. The summed E-state index contributed by atoms with van der Waals surface area (Å²) in [5.41, 5.74) is 5.12. The molecule has 2 saturated heterocycles. The van der Waals surface area contributed by atoms with E-state index < -0.39 is 0 Å². The average molecular weight is 380 g/mol. The largest absolute Gasteiger partial charge is 0.376 e. The molecule has 3 aliphatic heterocycles. The molecule has 0 radical (unpaired) electrons. The van der Waals surface area contributed by atoms with E-state index in [1.165, 1.54) is 43.8 Å². The smallest absolute Gasteiger partial charge is 0.113 e. The van der Waals surface area contributed by atoms with Crippen LogP contribution < -0.4 is 0 Å². The van der Waals surface area contributed by atoms with Gasteiger partial charge >= 0.3 is 0 Å². The SMILES string of the molecule is c1ccc2c(-c3c4c(cc5ccccc35)C3OC3COCC3OC43)cccc2c1. The second-order valence-electron chi connectivity index (χ2n) is 8.23. The molecule has 0 spiro atoms. The van der Waals surface area contributed by atoms with Crippen LogP contribution in [0.15, 0.2) is 72.8 Å². The average Bonchev–Trinajstić information content (AvgIpc) is 3.69. The number of benzene rings is 4. The molecule has 4 unspecified atom stereocenters. The third-order valence-corrected chi connectivity index (χ3v) is 6.50. The highest BCUT2D eigenvalue weighted by atomic mass is 16.6. The molecule has 0 aliphatic carbocycles. The Kier molecular flexibility index (Phi) is 3.28. The van der Waals surface area contributed by atoms with Gasteiger partial charge in [-0.05, 0) is 49.9 Å². The molecule has 3 heterocycles. The highest BCUT2D eigenvalue weighted by Crippen LogP contribution is 2.54. The first-order valence-electron chi connectivity index (χ1n) is 10.3. The Morgan fingerprint density at radius 2 is 1.34 bits per heavy atom. The molecule has 29 heavy (non-hydrogen) atoms. The summed E-state index contributed by atoms with van der Waals surface area (Å²) in [4.78, 5) is 0. The standard InChI is InChI=1S/C26H20O3/c1-3-9-17-15(6-1)8-5-11-19(17)23-18-10-4-2-7-16(18)12-20-24(23)26-22(29-26)14-27-13-21-25(20)28-21/h1-12,21-22,25-26H,13-14H2. The zero-order chi connectivity index (χ0) is 18.9. The van der Waals surface area contributed by atoms with E-state index in [1.807, 2.05) is 0 Å². The highest BCUT2D eigenvalue weighted by Gasteiger charge is 2.51. The van der Waals surface area contributed by atoms with Gasteiger partial charge in [-0.15, -0.1) is 0 Å². The van der Waals surface area contributed by atoms with Crippen molar-refractivity contribution in [2.45, 2.75) is 24.4 Å². The molecule has 4 aromatic rings. The molecule has 7 rings (SSSR count). The van der Waals surface area contributed by atoms with Crippen molar-refractivity contribution in [3.8, 4) is 11.1 Å². The molecule has 0 amide bonds. The van der Waals surface area contributed by atoms with E-state index in [4.69, 9.17) is 14.2 Å². The van der Waals surface area contributed by atoms with Crippen LogP contribution in [0.3, 0.4) is 0 Å². The van der Waals surface area contributed by atoms with Gasteiger partial charge in [0.25, 0.3) is 0 Å². The van der Waals surface area contributed by atoms with Crippen LogP contribution in [0.25, 0.3) is 32.7 Å². The van der Waals surface area contributed by atoms with E-state index >= 15 is 0 Å². The van der Waals surface area contributed by atoms with E-state index in [1.54, 1.807) is 0 Å². The molecule has 142 valence electrons. The minimum atomic E-state index is 0.0755. The Hall–Kier alpha value is -2.72. The number of ether oxygens (including phenoxy) is 3. The predicted molar refractivity (Wildman–Crippen MR) is 113 cm³/mol. The van der Waals surface area contributed by atoms with Crippen molar-refractivity contribution >= 4 is 21.5 Å². The van der Waals surface area contributed by atoms with Crippen LogP contribution in [-0.2, 0) is 14.2 Å². The Bertz CT molecular complexity index is 1270. The Labute approximate surface area is 168 Å². The third-order valence-electron chi connectivity index (χ3n) is 6.50. The van der Waals surface area contributed by atoms with Crippen LogP contribution in [0.2, 0.25) is 0 Å². The third kappa shape index (κ3) is 2.42. The first-order valence-corrected chi connectivity index (χ1v) is 10.3. The second-order valence-corrected chi connectivity index (χ2v) is 8.23. The van der Waals surface area contributed by atoms with Crippen LogP contribution in [0.5, 0.6) is 0 Å². The molecule has 3 heteroatoms. The second kappa shape index (κ2) is 5.90. The lowest BCUT2D eigenvalue weighted by Gasteiger charge is -2.18. The number of hydrogen-bond donors (Lipinski definition) is 0. The van der Waals surface area contributed by atoms with Crippen molar-refractivity contribution in [1.29, 1.82) is 0 Å². The fraction of sp³-hybridized carbons (Fsp3) is 0.231. The first-order chi connectivity index (χ1) is 14.4. The molecule has 3 nitrogen and oxygen atoms in total. The number of epoxide rings is 2. The lowest BCUT2D eigenvalue weighted by molar-refractivity contribution is 0.102.